The summed E-state index contributed by atoms with van der Waals surface area (Å²) in [6.07, 6.45) is 5.82. The van der Waals surface area contributed by atoms with Gasteiger partial charge in [0.2, 0.25) is 0 Å². The molecule has 0 spiro atoms. The molecule has 1 unspecified atom stereocenters. The van der Waals surface area contributed by atoms with E-state index in [4.69, 9.17) is 10.8 Å². The molecule has 1 aliphatic rings. The Bertz CT molecular complexity index is 420. The van der Waals surface area contributed by atoms with E-state index >= 15 is 0 Å². The molecule has 5 heteroatoms. The lowest BCUT2D eigenvalue weighted by Crippen LogP contribution is -2.38. The van der Waals surface area contributed by atoms with Gasteiger partial charge in [-0.1, -0.05) is 31.4 Å². The first-order valence-electron chi connectivity index (χ1n) is 7.56. The average molecular weight is 315 g/mol. The van der Waals surface area contributed by atoms with Crippen LogP contribution in [0.1, 0.15) is 44.1 Å². The Morgan fingerprint density at radius 2 is 1.95 bits per heavy atom. The van der Waals surface area contributed by atoms with Gasteiger partial charge in [-0.15, -0.1) is 12.4 Å². The van der Waals surface area contributed by atoms with Crippen LogP contribution in [0, 0.1) is 0 Å². The highest BCUT2D eigenvalue weighted by Gasteiger charge is 2.28. The summed E-state index contributed by atoms with van der Waals surface area (Å²) in [5.74, 6) is 0. The Morgan fingerprint density at radius 1 is 1.24 bits per heavy atom. The molecule has 120 valence electrons. The quantitative estimate of drug-likeness (QED) is 0.608. The zero-order chi connectivity index (χ0) is 14.4. The number of halogens is 1. The molecule has 0 bridgehead atoms. The molecular formula is C16H27ClN2O2. The molecular weight excluding hydrogens is 288 g/mol. The molecule has 0 radical (unpaired) electrons. The monoisotopic (exact) mass is 314 g/mol. The molecule has 1 aromatic carbocycles. The largest absolute Gasteiger partial charge is 0.388 e. The van der Waals surface area contributed by atoms with Gasteiger partial charge in [-0.2, -0.15) is 0 Å². The maximum atomic E-state index is 10.5. The van der Waals surface area contributed by atoms with E-state index in [2.05, 4.69) is 11.4 Å². The number of rotatable bonds is 6. The second-order valence-corrected chi connectivity index (χ2v) is 5.94. The van der Waals surface area contributed by atoms with Gasteiger partial charge in [0.25, 0.3) is 0 Å². The number of anilines is 1. The van der Waals surface area contributed by atoms with Crippen LogP contribution in [0.2, 0.25) is 0 Å². The van der Waals surface area contributed by atoms with Gasteiger partial charge in [0, 0.05) is 12.2 Å². The molecule has 1 fully saturated rings. The molecule has 0 amide bonds. The van der Waals surface area contributed by atoms with E-state index in [0.717, 1.165) is 43.4 Å². The lowest BCUT2D eigenvalue weighted by atomic mass is 9.85. The molecule has 1 aliphatic carbocycles. The molecule has 2 rings (SSSR count). The molecule has 21 heavy (non-hydrogen) atoms. The van der Waals surface area contributed by atoms with Crippen LogP contribution in [0.25, 0.3) is 0 Å². The third kappa shape index (κ3) is 6.22. The van der Waals surface area contributed by atoms with E-state index in [1.54, 1.807) is 0 Å². The van der Waals surface area contributed by atoms with Crippen LogP contribution in [0.15, 0.2) is 24.3 Å². The summed E-state index contributed by atoms with van der Waals surface area (Å²) in [6.45, 7) is 0.607. The number of hydrogen-bond acceptors (Lipinski definition) is 4. The Morgan fingerprint density at radius 3 is 2.62 bits per heavy atom. The summed E-state index contributed by atoms with van der Waals surface area (Å²) in [6, 6.07) is 8.09. The summed E-state index contributed by atoms with van der Waals surface area (Å²) in [7, 11) is 0. The van der Waals surface area contributed by atoms with E-state index in [9.17, 15) is 5.11 Å². The number of aliphatic hydroxyl groups is 2. The van der Waals surface area contributed by atoms with Crippen molar-refractivity contribution in [3.8, 4) is 0 Å². The van der Waals surface area contributed by atoms with Crippen molar-refractivity contribution < 1.29 is 10.2 Å². The second kappa shape index (κ2) is 8.59. The van der Waals surface area contributed by atoms with Crippen molar-refractivity contribution in [3.63, 3.8) is 0 Å². The van der Waals surface area contributed by atoms with Crippen molar-refractivity contribution in [2.45, 2.75) is 56.8 Å². The molecule has 4 nitrogen and oxygen atoms in total. The molecule has 1 atom stereocenters. The summed E-state index contributed by atoms with van der Waals surface area (Å²) >= 11 is 0. The Hall–Kier alpha value is -0.810. The summed E-state index contributed by atoms with van der Waals surface area (Å²) in [4.78, 5) is 0. The number of hydrogen-bond donors (Lipinski definition) is 4. The van der Waals surface area contributed by atoms with Crippen LogP contribution in [-0.2, 0) is 6.42 Å². The van der Waals surface area contributed by atoms with Crippen molar-refractivity contribution in [1.82, 2.24) is 0 Å². The van der Waals surface area contributed by atoms with Gasteiger partial charge in [0.1, 0.15) is 6.23 Å². The lowest BCUT2D eigenvalue weighted by molar-refractivity contribution is 0.0167. The number of nitrogens with two attached hydrogens (primary N) is 1. The smallest absolute Gasteiger partial charge is 0.102 e. The zero-order valence-corrected chi connectivity index (χ0v) is 13.2. The molecule has 5 N–H and O–H groups in total. The molecule has 1 aromatic rings. The zero-order valence-electron chi connectivity index (χ0n) is 12.4. The minimum Gasteiger partial charge on any atom is -0.388 e. The van der Waals surface area contributed by atoms with Gasteiger partial charge in [-0.05, 0) is 43.4 Å². The summed E-state index contributed by atoms with van der Waals surface area (Å²) in [5, 5.41) is 22.9. The Kier molecular flexibility index (Phi) is 7.46. The minimum absolute atomic E-state index is 0. The normalized spacial score (nSPS) is 18.6. The standard InChI is InChI=1S/C16H26N2O2.ClH/c17-15(19)8-7-13-5-4-6-14(11-13)18-12-16(20)9-2-1-3-10-16;/h4-6,11,15,18-20H,1-3,7-10,12,17H2;1H. The van der Waals surface area contributed by atoms with E-state index in [-0.39, 0.29) is 12.4 Å². The van der Waals surface area contributed by atoms with Gasteiger partial charge in [-0.25, -0.2) is 0 Å². The number of nitrogens with one attached hydrogen (secondary N) is 1. The minimum atomic E-state index is -0.755. The SMILES string of the molecule is Cl.NC(O)CCc1cccc(NCC2(O)CCCCC2)c1. The summed E-state index contributed by atoms with van der Waals surface area (Å²) < 4.78 is 0. The first-order valence-corrected chi connectivity index (χ1v) is 7.56. The van der Waals surface area contributed by atoms with Gasteiger partial charge < -0.3 is 21.3 Å². The van der Waals surface area contributed by atoms with Crippen molar-refractivity contribution in [1.29, 1.82) is 0 Å². The molecule has 0 heterocycles. The molecule has 1 saturated carbocycles. The summed E-state index contributed by atoms with van der Waals surface area (Å²) in [5.41, 5.74) is 6.97. The highest BCUT2D eigenvalue weighted by atomic mass is 35.5. The maximum Gasteiger partial charge on any atom is 0.102 e. The Labute approximate surface area is 133 Å². The predicted molar refractivity (Wildman–Crippen MR) is 88.7 cm³/mol. The van der Waals surface area contributed by atoms with E-state index in [0.29, 0.717) is 13.0 Å². The van der Waals surface area contributed by atoms with Crippen molar-refractivity contribution >= 4 is 18.1 Å². The van der Waals surface area contributed by atoms with Crippen molar-refractivity contribution in [3.05, 3.63) is 29.8 Å². The predicted octanol–water partition coefficient (Wildman–Crippen LogP) is 2.43. The van der Waals surface area contributed by atoms with Crippen LogP contribution >= 0.6 is 12.4 Å². The molecule has 0 aliphatic heterocycles. The fraction of sp³-hybridized carbons (Fsp3) is 0.625. The Balaban J connectivity index is 0.00000220. The lowest BCUT2D eigenvalue weighted by Gasteiger charge is -2.32. The fourth-order valence-corrected chi connectivity index (χ4v) is 2.80. The van der Waals surface area contributed by atoms with Crippen LogP contribution in [0.5, 0.6) is 0 Å². The van der Waals surface area contributed by atoms with E-state index in [1.165, 1.54) is 6.42 Å². The van der Waals surface area contributed by atoms with E-state index in [1.807, 2.05) is 18.2 Å². The van der Waals surface area contributed by atoms with Crippen molar-refractivity contribution in [2.75, 3.05) is 11.9 Å². The van der Waals surface area contributed by atoms with E-state index < -0.39 is 11.8 Å². The fourth-order valence-electron chi connectivity index (χ4n) is 2.80. The van der Waals surface area contributed by atoms with Gasteiger partial charge in [0.05, 0.1) is 5.60 Å². The highest BCUT2D eigenvalue weighted by molar-refractivity contribution is 5.85. The van der Waals surface area contributed by atoms with Gasteiger partial charge in [-0.3, -0.25) is 0 Å². The molecule has 0 aromatic heterocycles. The van der Waals surface area contributed by atoms with Crippen LogP contribution in [0.3, 0.4) is 0 Å². The maximum absolute atomic E-state index is 10.5. The number of aliphatic hydroxyl groups excluding tert-OH is 1. The van der Waals surface area contributed by atoms with Crippen LogP contribution in [-0.4, -0.2) is 28.6 Å². The number of aryl methyl sites for hydroxylation is 1. The van der Waals surface area contributed by atoms with Crippen molar-refractivity contribution in [2.24, 2.45) is 5.73 Å². The average Bonchev–Trinajstić information content (AvgIpc) is 2.44. The third-order valence-corrected chi connectivity index (χ3v) is 4.06. The second-order valence-electron chi connectivity index (χ2n) is 5.94. The first-order chi connectivity index (χ1) is 9.57. The first kappa shape index (κ1) is 18.2. The van der Waals surface area contributed by atoms with Gasteiger partial charge >= 0.3 is 0 Å². The highest BCUT2D eigenvalue weighted by Crippen LogP contribution is 2.28. The number of benzene rings is 1. The molecule has 0 saturated heterocycles. The van der Waals surface area contributed by atoms with Crippen LogP contribution in [0.4, 0.5) is 5.69 Å². The van der Waals surface area contributed by atoms with Crippen LogP contribution < -0.4 is 11.1 Å². The third-order valence-electron chi connectivity index (χ3n) is 4.06. The topological polar surface area (TPSA) is 78.5 Å². The van der Waals surface area contributed by atoms with Gasteiger partial charge in [0.15, 0.2) is 0 Å².